The van der Waals surface area contributed by atoms with E-state index < -0.39 is 62.5 Å². The van der Waals surface area contributed by atoms with Crippen LogP contribution < -0.4 is 16.0 Å². The lowest BCUT2D eigenvalue weighted by Gasteiger charge is -2.28. The van der Waals surface area contributed by atoms with Crippen molar-refractivity contribution in [2.75, 3.05) is 12.3 Å². The molecule has 3 aromatic rings. The van der Waals surface area contributed by atoms with E-state index in [9.17, 15) is 31.9 Å². The van der Waals surface area contributed by atoms with E-state index in [2.05, 4.69) is 25.9 Å². The van der Waals surface area contributed by atoms with Crippen molar-refractivity contribution >= 4 is 21.7 Å². The highest BCUT2D eigenvalue weighted by atomic mass is 32.2. The molecule has 3 rings (SSSR count). The number of aromatic amines is 1. The second-order valence-corrected chi connectivity index (χ2v) is 13.8. The number of aliphatic hydroxyl groups excluding tert-OH is 1. The molecule has 10 nitrogen and oxygen atoms in total. The zero-order valence-electron chi connectivity index (χ0n) is 26.6. The highest BCUT2D eigenvalue weighted by Gasteiger charge is 2.34. The molecule has 3 atom stereocenters. The van der Waals surface area contributed by atoms with Crippen molar-refractivity contribution in [2.45, 2.75) is 89.3 Å². The van der Waals surface area contributed by atoms with Crippen LogP contribution in [0, 0.1) is 11.6 Å². The number of carbonyl (C=O) groups excluding carboxylic acids is 2. The van der Waals surface area contributed by atoms with Gasteiger partial charge in [0.15, 0.2) is 9.84 Å². The number of hydrogen-bond acceptors (Lipinski definition) is 7. The molecule has 0 bridgehead atoms. The number of sulfone groups is 1. The van der Waals surface area contributed by atoms with Crippen LogP contribution in [0.5, 0.6) is 0 Å². The smallest absolute Gasteiger partial charge is 0.270 e. The molecular weight excluding hydrogens is 616 g/mol. The molecule has 1 unspecified atom stereocenters. The number of carbonyl (C=O) groups is 2. The van der Waals surface area contributed by atoms with E-state index in [0.29, 0.717) is 38.3 Å². The summed E-state index contributed by atoms with van der Waals surface area (Å²) in [6, 6.07) is 8.20. The van der Waals surface area contributed by atoms with Gasteiger partial charge in [-0.15, -0.1) is 0 Å². The molecule has 5 N–H and O–H groups in total. The van der Waals surface area contributed by atoms with E-state index in [4.69, 9.17) is 0 Å². The number of imidazole rings is 1. The number of aryl methyl sites for hydroxylation is 1. The lowest BCUT2D eigenvalue weighted by Crippen LogP contribution is -2.57. The van der Waals surface area contributed by atoms with Crippen LogP contribution >= 0.6 is 0 Å². The molecule has 0 saturated carbocycles. The zero-order chi connectivity index (χ0) is 33.7. The lowest BCUT2D eigenvalue weighted by molar-refractivity contribution is -0.124. The highest BCUT2D eigenvalue weighted by Crippen LogP contribution is 2.18. The van der Waals surface area contributed by atoms with Gasteiger partial charge in [-0.2, -0.15) is 0 Å². The summed E-state index contributed by atoms with van der Waals surface area (Å²) in [4.78, 5) is 33.1. The second kappa shape index (κ2) is 17.9. The van der Waals surface area contributed by atoms with Crippen LogP contribution in [0.2, 0.25) is 0 Å². The molecule has 0 aliphatic rings. The van der Waals surface area contributed by atoms with Gasteiger partial charge in [0.05, 0.1) is 35.7 Å². The predicted molar refractivity (Wildman–Crippen MR) is 173 cm³/mol. The van der Waals surface area contributed by atoms with Gasteiger partial charge < -0.3 is 26.0 Å². The van der Waals surface area contributed by atoms with Crippen LogP contribution in [0.1, 0.15) is 73.6 Å². The van der Waals surface area contributed by atoms with Crippen molar-refractivity contribution in [3.63, 3.8) is 0 Å². The number of nitrogens with one attached hydrogen (secondary N) is 4. The largest absolute Gasteiger partial charge is 0.390 e. The molecular formula is C33H45F2N5O5S. The van der Waals surface area contributed by atoms with Crippen molar-refractivity contribution in [3.05, 3.63) is 89.0 Å². The topological polar surface area (TPSA) is 153 Å². The summed E-state index contributed by atoms with van der Waals surface area (Å²) >= 11 is 0. The first-order chi connectivity index (χ1) is 21.9. The molecule has 13 heteroatoms. The summed E-state index contributed by atoms with van der Waals surface area (Å²) < 4.78 is 55.1. The molecule has 2 aromatic carbocycles. The first kappa shape index (κ1) is 36.8. The Balaban J connectivity index is 1.86. The Bertz CT molecular complexity index is 1490. The van der Waals surface area contributed by atoms with Gasteiger partial charge in [-0.3, -0.25) is 9.59 Å². The number of benzene rings is 2. The van der Waals surface area contributed by atoms with E-state index in [1.54, 1.807) is 0 Å². The molecule has 2 amide bonds. The fourth-order valence-corrected chi connectivity index (χ4v) is 7.49. The minimum absolute atomic E-state index is 0.00234. The zero-order valence-corrected chi connectivity index (χ0v) is 27.4. The molecule has 0 saturated heterocycles. The third kappa shape index (κ3) is 11.3. The van der Waals surface area contributed by atoms with Gasteiger partial charge in [-0.25, -0.2) is 22.2 Å². The number of aromatic nitrogens is 2. The predicted octanol–water partition coefficient (Wildman–Crippen LogP) is 3.61. The first-order valence-electron chi connectivity index (χ1n) is 15.7. The maximum Gasteiger partial charge on any atom is 0.270 e. The van der Waals surface area contributed by atoms with Gasteiger partial charge in [0.25, 0.3) is 5.91 Å². The van der Waals surface area contributed by atoms with Crippen molar-refractivity contribution in [2.24, 2.45) is 0 Å². The van der Waals surface area contributed by atoms with E-state index in [1.165, 1.54) is 12.5 Å². The van der Waals surface area contributed by atoms with Gasteiger partial charge in [-0.1, -0.05) is 57.9 Å². The van der Waals surface area contributed by atoms with E-state index in [-0.39, 0.29) is 24.2 Å². The molecule has 0 spiro atoms. The molecule has 252 valence electrons. The summed E-state index contributed by atoms with van der Waals surface area (Å²) in [6.45, 7) is 6.20. The molecule has 0 radical (unpaired) electrons. The highest BCUT2D eigenvalue weighted by molar-refractivity contribution is 7.92. The lowest BCUT2D eigenvalue weighted by atomic mass is 10.00. The fraction of sp³-hybridized carbons (Fsp3) is 0.485. The Hall–Kier alpha value is -3.68. The van der Waals surface area contributed by atoms with Crippen LogP contribution in [0.15, 0.2) is 55.0 Å². The summed E-state index contributed by atoms with van der Waals surface area (Å²) in [6.07, 6.45) is 3.99. The third-order valence-electron chi connectivity index (χ3n) is 7.75. The Kier molecular flexibility index (Phi) is 14.3. The Morgan fingerprint density at radius 3 is 2.24 bits per heavy atom. The monoisotopic (exact) mass is 661 g/mol. The minimum atomic E-state index is -3.86. The maximum atomic E-state index is 14.1. The van der Waals surface area contributed by atoms with Gasteiger partial charge in [0, 0.05) is 19.2 Å². The van der Waals surface area contributed by atoms with Gasteiger partial charge in [0.2, 0.25) is 5.91 Å². The molecule has 0 fully saturated rings. The number of H-pyrrole nitrogens is 1. The van der Waals surface area contributed by atoms with Crippen molar-refractivity contribution in [1.82, 2.24) is 25.9 Å². The minimum Gasteiger partial charge on any atom is -0.390 e. The molecule has 0 aliphatic heterocycles. The van der Waals surface area contributed by atoms with Crippen LogP contribution in [0.3, 0.4) is 0 Å². The standard InChI is InChI=1S/C33H45F2N5O5S/c1-4-8-27(9-5-2)46(44,45)20-30(40-32(42)29-18-37-21-38-29)33(43)39-28(15-24-13-25(34)16-26(35)14-24)31(41)19-36-17-23-11-7-10-22(6-3)12-23/h7,10-14,16,18,21,27-28,30-31,36,41H,4-6,8-9,15,17,19-20H2,1-3H3,(H,37,38)(H,39,43)(H,40,42)/t28-,30?,31+/m0/s1. The summed E-state index contributed by atoms with van der Waals surface area (Å²) in [5.74, 6) is -3.92. The number of nitrogens with zero attached hydrogens (tertiary/aromatic N) is 1. The van der Waals surface area contributed by atoms with Crippen molar-refractivity contribution in [3.8, 4) is 0 Å². The number of hydrogen-bond donors (Lipinski definition) is 5. The number of rotatable bonds is 19. The average Bonchev–Trinajstić information content (AvgIpc) is 3.55. The second-order valence-electron chi connectivity index (χ2n) is 11.5. The average molecular weight is 662 g/mol. The van der Waals surface area contributed by atoms with Crippen LogP contribution in [-0.4, -0.2) is 71.0 Å². The number of aliphatic hydroxyl groups is 1. The van der Waals surface area contributed by atoms with Crippen molar-refractivity contribution < 1.29 is 31.9 Å². The molecule has 1 aromatic heterocycles. The molecule has 0 aliphatic carbocycles. The quantitative estimate of drug-likeness (QED) is 0.132. The molecule has 46 heavy (non-hydrogen) atoms. The Morgan fingerprint density at radius 1 is 0.957 bits per heavy atom. The fourth-order valence-electron chi connectivity index (χ4n) is 5.33. The van der Waals surface area contributed by atoms with E-state index >= 15 is 0 Å². The van der Waals surface area contributed by atoms with Crippen LogP contribution in [0.4, 0.5) is 8.78 Å². The summed E-state index contributed by atoms with van der Waals surface area (Å²) in [7, 11) is -3.86. The molecule has 1 heterocycles. The Morgan fingerprint density at radius 2 is 1.63 bits per heavy atom. The van der Waals surface area contributed by atoms with Crippen LogP contribution in [-0.2, 0) is 34.0 Å². The third-order valence-corrected chi connectivity index (χ3v) is 10.0. The van der Waals surface area contributed by atoms with Crippen molar-refractivity contribution in [1.29, 1.82) is 0 Å². The van der Waals surface area contributed by atoms with Gasteiger partial charge in [0.1, 0.15) is 23.4 Å². The summed E-state index contributed by atoms with van der Waals surface area (Å²) in [5, 5.41) is 18.8. The number of amides is 2. The number of halogens is 2. The summed E-state index contributed by atoms with van der Waals surface area (Å²) in [5.41, 5.74) is 2.34. The Labute approximate surface area is 269 Å². The first-order valence-corrected chi connectivity index (χ1v) is 17.4. The maximum absolute atomic E-state index is 14.1. The normalized spacial score (nSPS) is 13.7. The van der Waals surface area contributed by atoms with E-state index in [0.717, 1.165) is 29.7 Å². The van der Waals surface area contributed by atoms with Crippen LogP contribution in [0.25, 0.3) is 0 Å². The SMILES string of the molecule is CCCC(CCC)S(=O)(=O)CC(NC(=O)c1cnc[nH]1)C(=O)N[C@@H](Cc1cc(F)cc(F)c1)[C@H](O)CNCc1cccc(CC)c1. The van der Waals surface area contributed by atoms with Gasteiger partial charge >= 0.3 is 0 Å². The van der Waals surface area contributed by atoms with Gasteiger partial charge in [-0.05, 0) is 54.5 Å². The van der Waals surface area contributed by atoms with E-state index in [1.807, 2.05) is 45.0 Å².